The maximum atomic E-state index is 13.2. The molecule has 0 heterocycles. The van der Waals surface area contributed by atoms with E-state index < -0.39 is 5.83 Å². The van der Waals surface area contributed by atoms with Crippen molar-refractivity contribution in [3.05, 3.63) is 11.9 Å². The molecule has 0 fully saturated rings. The average molecular weight is 260 g/mol. The molecule has 0 saturated carbocycles. The average Bonchev–Trinajstić information content (AvgIpc) is 2.38. The molecule has 0 spiro atoms. The number of ether oxygens (including phenoxy) is 1. The van der Waals surface area contributed by atoms with Gasteiger partial charge in [-0.3, -0.25) is 14.6 Å². The molecule has 0 aromatic rings. The SMILES string of the molecule is COC(=O)CCC/C=C(/F)CN=C(C)NOC=O. The molecule has 102 valence electrons. The zero-order valence-electron chi connectivity index (χ0n) is 10.4. The van der Waals surface area contributed by atoms with E-state index in [9.17, 15) is 14.0 Å². The molecule has 0 saturated heterocycles. The minimum absolute atomic E-state index is 0.140. The maximum absolute atomic E-state index is 13.2. The second-order valence-electron chi connectivity index (χ2n) is 3.34. The Bertz CT molecular complexity index is 329. The van der Waals surface area contributed by atoms with Gasteiger partial charge < -0.3 is 9.57 Å². The number of amidine groups is 1. The third-order valence-corrected chi connectivity index (χ3v) is 1.90. The van der Waals surface area contributed by atoms with Crippen LogP contribution in [0.3, 0.4) is 0 Å². The smallest absolute Gasteiger partial charge is 0.320 e. The van der Waals surface area contributed by atoms with E-state index >= 15 is 0 Å². The summed E-state index contributed by atoms with van der Waals surface area (Å²) in [6.45, 7) is 1.60. The van der Waals surface area contributed by atoms with Crippen LogP contribution >= 0.6 is 0 Å². The number of esters is 1. The van der Waals surface area contributed by atoms with Crippen LogP contribution in [0.1, 0.15) is 26.2 Å². The first-order valence-corrected chi connectivity index (χ1v) is 5.37. The first kappa shape index (κ1) is 16.1. The molecule has 0 aliphatic rings. The summed E-state index contributed by atoms with van der Waals surface area (Å²) >= 11 is 0. The zero-order chi connectivity index (χ0) is 13.8. The first-order valence-electron chi connectivity index (χ1n) is 5.37. The summed E-state index contributed by atoms with van der Waals surface area (Å²) in [7, 11) is 1.31. The van der Waals surface area contributed by atoms with Crippen molar-refractivity contribution in [1.29, 1.82) is 0 Å². The predicted molar refractivity (Wildman–Crippen MR) is 63.3 cm³/mol. The Labute approximate surface area is 105 Å². The number of nitrogens with zero attached hydrogens (tertiary/aromatic N) is 1. The van der Waals surface area contributed by atoms with Crippen molar-refractivity contribution in [2.45, 2.75) is 26.2 Å². The van der Waals surface area contributed by atoms with Gasteiger partial charge in [-0.15, -0.1) is 0 Å². The molecule has 0 aliphatic carbocycles. The molecule has 18 heavy (non-hydrogen) atoms. The predicted octanol–water partition coefficient (Wildman–Crippen LogP) is 1.28. The van der Waals surface area contributed by atoms with Gasteiger partial charge in [-0.2, -0.15) is 0 Å². The molecule has 0 bridgehead atoms. The number of methoxy groups -OCH3 is 1. The highest BCUT2D eigenvalue weighted by molar-refractivity contribution is 5.79. The van der Waals surface area contributed by atoms with Crippen molar-refractivity contribution in [2.75, 3.05) is 13.7 Å². The van der Waals surface area contributed by atoms with Crippen LogP contribution in [0.2, 0.25) is 0 Å². The third kappa shape index (κ3) is 9.32. The van der Waals surface area contributed by atoms with Crippen LogP contribution in [0, 0.1) is 0 Å². The number of hydrogen-bond donors (Lipinski definition) is 1. The summed E-state index contributed by atoms with van der Waals surface area (Å²) < 4.78 is 17.6. The van der Waals surface area contributed by atoms with Crippen LogP contribution in [0.25, 0.3) is 0 Å². The summed E-state index contributed by atoms with van der Waals surface area (Å²) in [5.41, 5.74) is 2.20. The van der Waals surface area contributed by atoms with E-state index in [2.05, 4.69) is 20.0 Å². The molecule has 0 amide bonds. The molecule has 0 radical (unpaired) electrons. The Kier molecular flexibility index (Phi) is 9.15. The number of hydroxylamine groups is 1. The molecule has 0 aromatic carbocycles. The largest absolute Gasteiger partial charge is 0.469 e. The molecule has 7 heteroatoms. The number of hydrogen-bond acceptors (Lipinski definition) is 5. The number of unbranched alkanes of at least 4 members (excludes halogenated alkanes) is 1. The lowest BCUT2D eigenvalue weighted by atomic mass is 10.2. The lowest BCUT2D eigenvalue weighted by Gasteiger charge is -2.00. The van der Waals surface area contributed by atoms with E-state index in [0.29, 0.717) is 18.7 Å². The third-order valence-electron chi connectivity index (χ3n) is 1.90. The van der Waals surface area contributed by atoms with Crippen LogP contribution in [0.4, 0.5) is 4.39 Å². The standard InChI is InChI=1S/C11H17FN2O4/c1-9(14-18-8-15)13-7-10(12)5-3-4-6-11(16)17-2/h5,8H,3-4,6-7H2,1-2H3,(H,13,14)/b10-5+. The van der Waals surface area contributed by atoms with Gasteiger partial charge in [0.05, 0.1) is 13.7 Å². The Morgan fingerprint density at radius 2 is 2.22 bits per heavy atom. The molecule has 1 N–H and O–H groups in total. The first-order chi connectivity index (χ1) is 8.60. The molecule has 0 unspecified atom stereocenters. The van der Waals surface area contributed by atoms with Crippen molar-refractivity contribution in [1.82, 2.24) is 5.48 Å². The number of nitrogens with one attached hydrogen (secondary N) is 1. The lowest BCUT2D eigenvalue weighted by Crippen LogP contribution is -2.20. The van der Waals surface area contributed by atoms with Gasteiger partial charge in [0.1, 0.15) is 11.7 Å². The molecule has 0 atom stereocenters. The van der Waals surface area contributed by atoms with Crippen LogP contribution in [-0.4, -0.2) is 31.9 Å². The number of halogens is 1. The molecular weight excluding hydrogens is 243 g/mol. The van der Waals surface area contributed by atoms with Gasteiger partial charge in [-0.05, 0) is 19.8 Å². The van der Waals surface area contributed by atoms with E-state index in [1.165, 1.54) is 20.1 Å². The number of allylic oxidation sites excluding steroid dienone is 1. The van der Waals surface area contributed by atoms with E-state index in [-0.39, 0.29) is 25.4 Å². The second-order valence-corrected chi connectivity index (χ2v) is 3.34. The van der Waals surface area contributed by atoms with Crippen LogP contribution in [0.15, 0.2) is 16.9 Å². The maximum Gasteiger partial charge on any atom is 0.320 e. The second kappa shape index (κ2) is 10.2. The molecular formula is C11H17FN2O4. The fourth-order valence-electron chi connectivity index (χ4n) is 1.01. The fourth-order valence-corrected chi connectivity index (χ4v) is 1.01. The fraction of sp³-hybridized carbons (Fsp3) is 0.545. The zero-order valence-corrected chi connectivity index (χ0v) is 10.4. The monoisotopic (exact) mass is 260 g/mol. The number of carbonyl (C=O) groups is 2. The van der Waals surface area contributed by atoms with Crippen molar-refractivity contribution >= 4 is 18.3 Å². The van der Waals surface area contributed by atoms with E-state index in [1.807, 2.05) is 0 Å². The lowest BCUT2D eigenvalue weighted by molar-refractivity contribution is -0.140. The summed E-state index contributed by atoms with van der Waals surface area (Å²) in [5, 5.41) is 0. The number of aliphatic imine (C=N–C) groups is 1. The van der Waals surface area contributed by atoms with Gasteiger partial charge in [0.2, 0.25) is 0 Å². The van der Waals surface area contributed by atoms with E-state index in [4.69, 9.17) is 0 Å². The van der Waals surface area contributed by atoms with Crippen LogP contribution in [-0.2, 0) is 19.2 Å². The van der Waals surface area contributed by atoms with Gasteiger partial charge in [-0.25, -0.2) is 9.87 Å². The van der Waals surface area contributed by atoms with Crippen molar-refractivity contribution in [3.63, 3.8) is 0 Å². The Morgan fingerprint density at radius 3 is 2.83 bits per heavy atom. The highest BCUT2D eigenvalue weighted by atomic mass is 19.1. The van der Waals surface area contributed by atoms with E-state index in [1.54, 1.807) is 0 Å². The van der Waals surface area contributed by atoms with Crippen molar-refractivity contribution < 1.29 is 23.6 Å². The van der Waals surface area contributed by atoms with Gasteiger partial charge in [-0.1, -0.05) is 6.08 Å². The van der Waals surface area contributed by atoms with Gasteiger partial charge in [0.25, 0.3) is 0 Å². The Balaban J connectivity index is 3.83. The number of carbonyl (C=O) groups excluding carboxylic acids is 2. The Morgan fingerprint density at radius 1 is 1.50 bits per heavy atom. The van der Waals surface area contributed by atoms with Crippen LogP contribution < -0.4 is 5.48 Å². The summed E-state index contributed by atoms with van der Waals surface area (Å²) in [5.74, 6) is -0.430. The van der Waals surface area contributed by atoms with Crippen molar-refractivity contribution in [3.8, 4) is 0 Å². The van der Waals surface area contributed by atoms with E-state index in [0.717, 1.165) is 0 Å². The van der Waals surface area contributed by atoms with Gasteiger partial charge >= 0.3 is 12.4 Å². The molecule has 0 aliphatic heterocycles. The number of rotatable bonds is 8. The van der Waals surface area contributed by atoms with Crippen LogP contribution in [0.5, 0.6) is 0 Å². The Hall–Kier alpha value is -1.92. The van der Waals surface area contributed by atoms with Gasteiger partial charge in [0, 0.05) is 6.42 Å². The molecule has 0 rings (SSSR count). The van der Waals surface area contributed by atoms with Gasteiger partial charge in [0.15, 0.2) is 0 Å². The summed E-state index contributed by atoms with van der Waals surface area (Å²) in [6.07, 6.45) is 2.58. The van der Waals surface area contributed by atoms with Crippen molar-refractivity contribution in [2.24, 2.45) is 4.99 Å². The highest BCUT2D eigenvalue weighted by Crippen LogP contribution is 2.04. The molecule has 0 aromatic heterocycles. The minimum atomic E-state index is -0.410. The summed E-state index contributed by atoms with van der Waals surface area (Å²) in [6, 6.07) is 0. The normalized spacial score (nSPS) is 11.9. The summed E-state index contributed by atoms with van der Waals surface area (Å²) in [4.78, 5) is 28.6. The topological polar surface area (TPSA) is 77.0 Å². The quantitative estimate of drug-likeness (QED) is 0.178. The molecule has 6 nitrogen and oxygen atoms in total. The minimum Gasteiger partial charge on any atom is -0.469 e. The highest BCUT2D eigenvalue weighted by Gasteiger charge is 1.99.